The van der Waals surface area contributed by atoms with E-state index >= 15 is 0 Å². The SMILES string of the molecule is CCC1CCC(C)N1Cc1cc(CNC2CC2)c(C)o1. The van der Waals surface area contributed by atoms with E-state index in [0.29, 0.717) is 6.04 Å². The van der Waals surface area contributed by atoms with Gasteiger partial charge in [-0.3, -0.25) is 4.90 Å². The molecule has 2 unspecified atom stereocenters. The molecule has 0 aromatic carbocycles. The summed E-state index contributed by atoms with van der Waals surface area (Å²) < 4.78 is 5.99. The van der Waals surface area contributed by atoms with Crippen LogP contribution in [-0.4, -0.2) is 23.0 Å². The maximum absolute atomic E-state index is 5.99. The second-order valence-electron chi connectivity index (χ2n) is 6.61. The van der Waals surface area contributed by atoms with Crippen LogP contribution < -0.4 is 5.32 Å². The second kappa shape index (κ2) is 5.90. The van der Waals surface area contributed by atoms with Gasteiger partial charge in [-0.25, -0.2) is 0 Å². The predicted octanol–water partition coefficient (Wildman–Crippen LogP) is 3.60. The first kappa shape index (κ1) is 14.2. The summed E-state index contributed by atoms with van der Waals surface area (Å²) in [6, 6.07) is 4.46. The summed E-state index contributed by atoms with van der Waals surface area (Å²) in [5.74, 6) is 2.23. The highest BCUT2D eigenvalue weighted by atomic mass is 16.3. The molecule has 0 spiro atoms. The lowest BCUT2D eigenvalue weighted by Crippen LogP contribution is -2.33. The van der Waals surface area contributed by atoms with Gasteiger partial charge in [-0.2, -0.15) is 0 Å². The number of nitrogens with zero attached hydrogens (tertiary/aromatic N) is 1. The molecule has 1 N–H and O–H groups in total. The minimum Gasteiger partial charge on any atom is -0.465 e. The topological polar surface area (TPSA) is 28.4 Å². The van der Waals surface area contributed by atoms with E-state index in [9.17, 15) is 0 Å². The fourth-order valence-electron chi connectivity index (χ4n) is 3.41. The van der Waals surface area contributed by atoms with Crippen LogP contribution in [0.3, 0.4) is 0 Å². The molecular formula is C17H28N2O. The molecule has 0 radical (unpaired) electrons. The van der Waals surface area contributed by atoms with Crippen molar-refractivity contribution in [2.75, 3.05) is 0 Å². The van der Waals surface area contributed by atoms with E-state index in [-0.39, 0.29) is 0 Å². The van der Waals surface area contributed by atoms with E-state index in [1.54, 1.807) is 0 Å². The van der Waals surface area contributed by atoms with Gasteiger partial charge in [-0.1, -0.05) is 6.92 Å². The van der Waals surface area contributed by atoms with Crippen LogP contribution in [0.15, 0.2) is 10.5 Å². The van der Waals surface area contributed by atoms with Crippen molar-refractivity contribution in [3.8, 4) is 0 Å². The van der Waals surface area contributed by atoms with Gasteiger partial charge >= 0.3 is 0 Å². The average molecular weight is 276 g/mol. The summed E-state index contributed by atoms with van der Waals surface area (Å²) in [6.45, 7) is 8.68. The number of furan rings is 1. The maximum Gasteiger partial charge on any atom is 0.118 e. The normalized spacial score (nSPS) is 27.4. The second-order valence-corrected chi connectivity index (χ2v) is 6.61. The van der Waals surface area contributed by atoms with Gasteiger partial charge in [-0.05, 0) is 52.0 Å². The minimum atomic E-state index is 0.693. The lowest BCUT2D eigenvalue weighted by atomic mass is 10.1. The van der Waals surface area contributed by atoms with E-state index in [1.807, 2.05) is 0 Å². The smallest absolute Gasteiger partial charge is 0.118 e. The zero-order valence-electron chi connectivity index (χ0n) is 13.1. The Morgan fingerprint density at radius 3 is 2.80 bits per heavy atom. The van der Waals surface area contributed by atoms with Crippen molar-refractivity contribution in [2.45, 2.75) is 84.1 Å². The molecule has 2 atom stereocenters. The summed E-state index contributed by atoms with van der Waals surface area (Å²) in [7, 11) is 0. The third-order valence-electron chi connectivity index (χ3n) is 4.99. The van der Waals surface area contributed by atoms with Gasteiger partial charge in [0.2, 0.25) is 0 Å². The number of likely N-dealkylation sites (tertiary alicyclic amines) is 1. The van der Waals surface area contributed by atoms with Gasteiger partial charge in [0.1, 0.15) is 11.5 Å². The lowest BCUT2D eigenvalue weighted by molar-refractivity contribution is 0.174. The van der Waals surface area contributed by atoms with Crippen LogP contribution in [0, 0.1) is 6.92 Å². The number of aryl methyl sites for hydroxylation is 1. The van der Waals surface area contributed by atoms with E-state index in [4.69, 9.17) is 4.42 Å². The first-order chi connectivity index (χ1) is 9.67. The fraction of sp³-hybridized carbons (Fsp3) is 0.765. The van der Waals surface area contributed by atoms with Crippen LogP contribution in [-0.2, 0) is 13.1 Å². The molecule has 1 aromatic rings. The van der Waals surface area contributed by atoms with Crippen LogP contribution in [0.4, 0.5) is 0 Å². The molecule has 2 aliphatic rings. The maximum atomic E-state index is 5.99. The lowest BCUT2D eigenvalue weighted by Gasteiger charge is -2.26. The number of nitrogens with one attached hydrogen (secondary N) is 1. The fourth-order valence-corrected chi connectivity index (χ4v) is 3.41. The number of hydrogen-bond donors (Lipinski definition) is 1. The van der Waals surface area contributed by atoms with Crippen LogP contribution in [0.25, 0.3) is 0 Å². The Kier molecular flexibility index (Phi) is 4.18. The Bertz CT molecular complexity index is 450. The van der Waals surface area contributed by atoms with E-state index in [0.717, 1.165) is 36.7 Å². The first-order valence-electron chi connectivity index (χ1n) is 8.24. The Morgan fingerprint density at radius 1 is 1.30 bits per heavy atom. The van der Waals surface area contributed by atoms with Crippen molar-refractivity contribution >= 4 is 0 Å². The van der Waals surface area contributed by atoms with Gasteiger partial charge in [0, 0.05) is 30.2 Å². The molecule has 3 heteroatoms. The van der Waals surface area contributed by atoms with Crippen LogP contribution >= 0.6 is 0 Å². The average Bonchev–Trinajstić information content (AvgIpc) is 3.11. The highest BCUT2D eigenvalue weighted by Gasteiger charge is 2.30. The molecule has 1 aliphatic carbocycles. The van der Waals surface area contributed by atoms with E-state index in [1.165, 1.54) is 37.7 Å². The van der Waals surface area contributed by atoms with Gasteiger partial charge in [0.25, 0.3) is 0 Å². The summed E-state index contributed by atoms with van der Waals surface area (Å²) in [5, 5.41) is 3.58. The summed E-state index contributed by atoms with van der Waals surface area (Å²) in [6.07, 6.45) is 6.60. The quantitative estimate of drug-likeness (QED) is 0.860. The third kappa shape index (κ3) is 3.09. The van der Waals surface area contributed by atoms with Gasteiger partial charge in [-0.15, -0.1) is 0 Å². The van der Waals surface area contributed by atoms with Crippen molar-refractivity contribution in [1.29, 1.82) is 0 Å². The zero-order chi connectivity index (χ0) is 14.1. The molecule has 112 valence electrons. The van der Waals surface area contributed by atoms with Crippen molar-refractivity contribution in [2.24, 2.45) is 0 Å². The monoisotopic (exact) mass is 276 g/mol. The van der Waals surface area contributed by atoms with Crippen molar-refractivity contribution in [3.63, 3.8) is 0 Å². The molecule has 2 heterocycles. The molecule has 3 rings (SSSR count). The summed E-state index contributed by atoms with van der Waals surface area (Å²) in [5.41, 5.74) is 1.34. The Hall–Kier alpha value is -0.800. The van der Waals surface area contributed by atoms with Crippen LogP contribution in [0.2, 0.25) is 0 Å². The van der Waals surface area contributed by atoms with Gasteiger partial charge in [0.05, 0.1) is 6.54 Å². The molecular weight excluding hydrogens is 248 g/mol. The Labute approximate surface area is 122 Å². The molecule has 1 aromatic heterocycles. The highest BCUT2D eigenvalue weighted by Crippen LogP contribution is 2.29. The minimum absolute atomic E-state index is 0.693. The largest absolute Gasteiger partial charge is 0.465 e. The van der Waals surface area contributed by atoms with Gasteiger partial charge < -0.3 is 9.73 Å². The van der Waals surface area contributed by atoms with Crippen molar-refractivity contribution < 1.29 is 4.42 Å². The third-order valence-corrected chi connectivity index (χ3v) is 4.99. The first-order valence-corrected chi connectivity index (χ1v) is 8.24. The summed E-state index contributed by atoms with van der Waals surface area (Å²) >= 11 is 0. The number of rotatable bonds is 6. The molecule has 1 saturated carbocycles. The van der Waals surface area contributed by atoms with E-state index in [2.05, 4.69) is 37.1 Å². The van der Waals surface area contributed by atoms with Crippen LogP contribution in [0.1, 0.15) is 63.0 Å². The Morgan fingerprint density at radius 2 is 2.10 bits per heavy atom. The van der Waals surface area contributed by atoms with Crippen LogP contribution in [0.5, 0.6) is 0 Å². The molecule has 20 heavy (non-hydrogen) atoms. The van der Waals surface area contributed by atoms with Crippen molar-refractivity contribution in [3.05, 3.63) is 23.2 Å². The van der Waals surface area contributed by atoms with Crippen molar-refractivity contribution in [1.82, 2.24) is 10.2 Å². The zero-order valence-corrected chi connectivity index (χ0v) is 13.1. The predicted molar refractivity (Wildman–Crippen MR) is 81.6 cm³/mol. The standard InChI is InChI=1S/C17H28N2O/c1-4-16-8-5-12(2)19(16)11-17-9-14(13(3)20-17)10-18-15-6-7-15/h9,12,15-16,18H,4-8,10-11H2,1-3H3. The Balaban J connectivity index is 1.62. The molecule has 0 bridgehead atoms. The molecule has 2 fully saturated rings. The van der Waals surface area contributed by atoms with E-state index < -0.39 is 0 Å². The summed E-state index contributed by atoms with van der Waals surface area (Å²) in [4.78, 5) is 2.62. The number of hydrogen-bond acceptors (Lipinski definition) is 3. The molecule has 1 aliphatic heterocycles. The molecule has 3 nitrogen and oxygen atoms in total. The molecule has 1 saturated heterocycles. The molecule has 0 amide bonds. The van der Waals surface area contributed by atoms with Gasteiger partial charge in [0.15, 0.2) is 0 Å². The highest BCUT2D eigenvalue weighted by molar-refractivity contribution is 5.21.